The smallest absolute Gasteiger partial charge is 0.407 e. The number of aromatic nitrogens is 4. The molecule has 0 bridgehead atoms. The first-order valence-corrected chi connectivity index (χ1v) is 20.5. The fourth-order valence-electron chi connectivity index (χ4n) is 9.15. The molecule has 0 saturated carbocycles. The molecule has 2 saturated heterocycles. The topological polar surface area (TPSA) is 175 Å². The molecule has 6 atom stereocenters. The third-order valence-corrected chi connectivity index (χ3v) is 12.2. The monoisotopic (exact) mass is 792 g/mol. The van der Waals surface area contributed by atoms with Crippen LogP contribution in [0.3, 0.4) is 0 Å². The van der Waals surface area contributed by atoms with Crippen LogP contribution in [-0.4, -0.2) is 92.6 Å². The van der Waals surface area contributed by atoms with E-state index in [9.17, 15) is 19.2 Å². The number of fused-ring (bicyclic) bond motifs is 3. The number of alkyl carbamates (subject to hydrolysis) is 2. The molecule has 58 heavy (non-hydrogen) atoms. The predicted octanol–water partition coefficient (Wildman–Crippen LogP) is 6.96. The number of benzene rings is 2. The second-order valence-electron chi connectivity index (χ2n) is 16.8. The van der Waals surface area contributed by atoms with Gasteiger partial charge in [0.2, 0.25) is 11.8 Å². The molecule has 14 heteroatoms. The van der Waals surface area contributed by atoms with E-state index in [1.807, 2.05) is 49.9 Å². The average Bonchev–Trinajstić information content (AvgIpc) is 4.04. The number of methoxy groups -OCH3 is 2. The van der Waals surface area contributed by atoms with E-state index in [1.165, 1.54) is 36.5 Å². The molecular formula is C44H56N8O6. The summed E-state index contributed by atoms with van der Waals surface area (Å²) in [5.41, 5.74) is 8.79. The number of carbonyl (C=O) groups excluding carboxylic acids is 4. The van der Waals surface area contributed by atoms with E-state index in [2.05, 4.69) is 70.8 Å². The lowest BCUT2D eigenvalue weighted by Crippen LogP contribution is -2.52. The Bertz CT molecular complexity index is 2180. The van der Waals surface area contributed by atoms with Gasteiger partial charge >= 0.3 is 12.2 Å². The Morgan fingerprint density at radius 1 is 0.759 bits per heavy atom. The summed E-state index contributed by atoms with van der Waals surface area (Å²) in [6.07, 6.45) is 6.69. The number of H-pyrrole nitrogens is 2. The standard InChI is InChI=1S/C44H56N8O6/c1-23(2)36(49-43(55)57-7)41(53)51-17-9-10-35(51)39-45-21-33(47-39)29-13-15-31-27(19-29)11-12-28-20-30(14-16-32(28)31)34-22-46-40(48-34)38-25(5)18-26(6)52(38)42(54)37(24(3)4)50-44(56)58-8/h13-16,19-26,35-38H,9-12,17-18H2,1-8H3,(H,45,47)(H,46,48)(H,49,55)(H,50,56)/t25-,26+,35-,36-,37-,38-/m0/s1. The molecule has 4 N–H and O–H groups in total. The molecule has 2 aromatic carbocycles. The summed E-state index contributed by atoms with van der Waals surface area (Å²) >= 11 is 0. The van der Waals surface area contributed by atoms with Crippen molar-refractivity contribution in [3.05, 3.63) is 71.6 Å². The van der Waals surface area contributed by atoms with E-state index in [1.54, 1.807) is 0 Å². The summed E-state index contributed by atoms with van der Waals surface area (Å²) < 4.78 is 9.60. The minimum absolute atomic E-state index is 0.0180. The highest BCUT2D eigenvalue weighted by molar-refractivity contribution is 5.87. The van der Waals surface area contributed by atoms with Crippen molar-refractivity contribution in [3.8, 4) is 33.6 Å². The van der Waals surface area contributed by atoms with Crippen LogP contribution in [0.4, 0.5) is 9.59 Å². The van der Waals surface area contributed by atoms with Gasteiger partial charge in [0.15, 0.2) is 0 Å². The minimum Gasteiger partial charge on any atom is -0.453 e. The first kappa shape index (κ1) is 40.5. The third-order valence-electron chi connectivity index (χ3n) is 12.2. The Morgan fingerprint density at radius 2 is 1.28 bits per heavy atom. The maximum atomic E-state index is 14.0. The molecular weight excluding hydrogens is 737 g/mol. The SMILES string of the molecule is COC(=O)N[C@H](C(=O)N1CCC[C@H]1c1ncc(-c2ccc3c(c2)CCc2cc(-c4cnc([C@@H]5[C@@H](C)C[C@@H](C)N5C(=O)[C@@H](NC(=O)OC)C(C)C)[nH]4)ccc2-3)[nH]1)C(C)C. The van der Waals surface area contributed by atoms with Crippen molar-refractivity contribution >= 4 is 24.0 Å². The van der Waals surface area contributed by atoms with E-state index in [-0.39, 0.29) is 47.7 Å². The maximum absolute atomic E-state index is 14.0. The van der Waals surface area contributed by atoms with Crippen molar-refractivity contribution in [2.75, 3.05) is 20.8 Å². The zero-order valence-electron chi connectivity index (χ0n) is 34.7. The highest BCUT2D eigenvalue weighted by Crippen LogP contribution is 2.42. The van der Waals surface area contributed by atoms with Gasteiger partial charge in [0.05, 0.1) is 50.1 Å². The van der Waals surface area contributed by atoms with Crippen molar-refractivity contribution in [1.82, 2.24) is 40.4 Å². The number of rotatable bonds is 10. The summed E-state index contributed by atoms with van der Waals surface area (Å²) in [5.74, 6) is 1.15. The lowest BCUT2D eigenvalue weighted by Gasteiger charge is -2.33. The van der Waals surface area contributed by atoms with Crippen molar-refractivity contribution in [3.63, 3.8) is 0 Å². The van der Waals surface area contributed by atoms with Crippen LogP contribution in [0.2, 0.25) is 0 Å². The van der Waals surface area contributed by atoms with Crippen LogP contribution in [0.15, 0.2) is 48.8 Å². The van der Waals surface area contributed by atoms with E-state index >= 15 is 0 Å². The van der Waals surface area contributed by atoms with Crippen LogP contribution in [0, 0.1) is 17.8 Å². The number of aryl methyl sites for hydroxylation is 2. The largest absolute Gasteiger partial charge is 0.453 e. The van der Waals surface area contributed by atoms with Gasteiger partial charge in [0.25, 0.3) is 0 Å². The number of nitrogens with one attached hydrogen (secondary N) is 4. The predicted molar refractivity (Wildman–Crippen MR) is 219 cm³/mol. The van der Waals surface area contributed by atoms with Gasteiger partial charge in [-0.25, -0.2) is 19.6 Å². The van der Waals surface area contributed by atoms with E-state index in [0.717, 1.165) is 66.3 Å². The molecule has 2 fully saturated rings. The highest BCUT2D eigenvalue weighted by Gasteiger charge is 2.45. The fraction of sp³-hybridized carbons (Fsp3) is 0.500. The molecule has 2 aliphatic heterocycles. The van der Waals surface area contributed by atoms with Crippen LogP contribution < -0.4 is 10.6 Å². The normalized spacial score (nSPS) is 21.1. The van der Waals surface area contributed by atoms with Gasteiger partial charge in [-0.05, 0) is 102 Å². The van der Waals surface area contributed by atoms with Crippen molar-refractivity contribution < 1.29 is 28.7 Å². The maximum Gasteiger partial charge on any atom is 0.407 e. The molecule has 7 rings (SSSR count). The summed E-state index contributed by atoms with van der Waals surface area (Å²) in [7, 11) is 2.60. The quantitative estimate of drug-likeness (QED) is 0.133. The third kappa shape index (κ3) is 7.80. The van der Waals surface area contributed by atoms with Gasteiger partial charge in [-0.2, -0.15) is 0 Å². The zero-order chi connectivity index (χ0) is 41.4. The van der Waals surface area contributed by atoms with E-state index < -0.39 is 24.3 Å². The summed E-state index contributed by atoms with van der Waals surface area (Å²) in [6, 6.07) is 11.2. The second-order valence-corrected chi connectivity index (χ2v) is 16.8. The summed E-state index contributed by atoms with van der Waals surface area (Å²) in [5, 5.41) is 5.46. The molecule has 4 heterocycles. The number of hydrogen-bond donors (Lipinski definition) is 4. The number of nitrogens with zero attached hydrogens (tertiary/aromatic N) is 4. The van der Waals surface area contributed by atoms with Crippen LogP contribution in [0.5, 0.6) is 0 Å². The van der Waals surface area contributed by atoms with Crippen molar-refractivity contribution in [1.29, 1.82) is 0 Å². The first-order valence-electron chi connectivity index (χ1n) is 20.5. The highest BCUT2D eigenvalue weighted by atomic mass is 16.5. The molecule has 0 unspecified atom stereocenters. The van der Waals surface area contributed by atoms with Crippen molar-refractivity contribution in [2.45, 2.75) is 104 Å². The molecule has 14 nitrogen and oxygen atoms in total. The van der Waals surface area contributed by atoms with Gasteiger partial charge in [-0.1, -0.05) is 58.9 Å². The number of amides is 4. The number of likely N-dealkylation sites (tertiary alicyclic amines) is 2. The molecule has 2 aromatic heterocycles. The molecule has 3 aliphatic rings. The van der Waals surface area contributed by atoms with Crippen LogP contribution in [0.1, 0.15) is 95.7 Å². The Hall–Kier alpha value is -5.66. The van der Waals surface area contributed by atoms with Crippen LogP contribution in [0.25, 0.3) is 33.6 Å². The second kappa shape index (κ2) is 16.7. The molecule has 4 aromatic rings. The Morgan fingerprint density at radius 3 is 1.81 bits per heavy atom. The average molecular weight is 793 g/mol. The Balaban J connectivity index is 1.07. The zero-order valence-corrected chi connectivity index (χ0v) is 34.7. The van der Waals surface area contributed by atoms with E-state index in [4.69, 9.17) is 19.4 Å². The van der Waals surface area contributed by atoms with Crippen LogP contribution >= 0.6 is 0 Å². The molecule has 1 aliphatic carbocycles. The summed E-state index contributed by atoms with van der Waals surface area (Å²) in [4.78, 5) is 72.1. The first-order chi connectivity index (χ1) is 27.8. The van der Waals surface area contributed by atoms with Gasteiger partial charge in [-0.15, -0.1) is 0 Å². The Labute approximate surface area is 339 Å². The number of imidazole rings is 2. The lowest BCUT2D eigenvalue weighted by atomic mass is 9.83. The number of aromatic amines is 2. The van der Waals surface area contributed by atoms with Gasteiger partial charge in [0, 0.05) is 12.6 Å². The lowest BCUT2D eigenvalue weighted by molar-refractivity contribution is -0.138. The summed E-state index contributed by atoms with van der Waals surface area (Å²) in [6.45, 7) is 12.4. The Kier molecular flexibility index (Phi) is 11.7. The van der Waals surface area contributed by atoms with Gasteiger partial charge in [0.1, 0.15) is 23.7 Å². The van der Waals surface area contributed by atoms with Crippen molar-refractivity contribution in [2.24, 2.45) is 17.8 Å². The minimum atomic E-state index is -0.712. The fourth-order valence-corrected chi connectivity index (χ4v) is 9.15. The number of hydrogen-bond acceptors (Lipinski definition) is 8. The van der Waals surface area contributed by atoms with Crippen LogP contribution in [-0.2, 0) is 31.9 Å². The van der Waals surface area contributed by atoms with Gasteiger partial charge in [-0.3, -0.25) is 9.59 Å². The number of ether oxygens (including phenoxy) is 2. The van der Waals surface area contributed by atoms with Gasteiger partial charge < -0.3 is 39.9 Å². The molecule has 4 amide bonds. The molecule has 0 spiro atoms. The molecule has 0 radical (unpaired) electrons. The molecule has 308 valence electrons. The van der Waals surface area contributed by atoms with E-state index in [0.29, 0.717) is 6.54 Å². The number of carbonyl (C=O) groups is 4.